The van der Waals surface area contributed by atoms with Crippen LogP contribution in [0.25, 0.3) is 0 Å². The van der Waals surface area contributed by atoms with Gasteiger partial charge in [-0.05, 0) is 74.8 Å². The van der Waals surface area contributed by atoms with Crippen LogP contribution in [0, 0.1) is 17.8 Å². The highest BCUT2D eigenvalue weighted by Gasteiger charge is 2.52. The minimum absolute atomic E-state index is 0. The van der Waals surface area contributed by atoms with E-state index >= 15 is 0 Å². The lowest BCUT2D eigenvalue weighted by molar-refractivity contribution is -0.117. The van der Waals surface area contributed by atoms with E-state index in [-0.39, 0.29) is 36.8 Å². The number of thioether (sulfide) groups is 1. The average molecular weight is 506 g/mol. The zero-order valence-corrected chi connectivity index (χ0v) is 21.8. The smallest absolute Gasteiger partial charge is 0.231 e. The van der Waals surface area contributed by atoms with Gasteiger partial charge >= 0.3 is 0 Å². The predicted molar refractivity (Wildman–Crippen MR) is 139 cm³/mol. The Hall–Kier alpha value is -1.60. The molecule has 4 aliphatic carbocycles. The van der Waals surface area contributed by atoms with Gasteiger partial charge in [-0.2, -0.15) is 0 Å². The van der Waals surface area contributed by atoms with Crippen LogP contribution in [-0.4, -0.2) is 46.8 Å². The molecule has 8 heteroatoms. The molecule has 1 aromatic carbocycles. The third-order valence-corrected chi connectivity index (χ3v) is 9.38. The highest BCUT2D eigenvalue weighted by atomic mass is 35.5. The molecule has 1 saturated heterocycles. The van der Waals surface area contributed by atoms with E-state index in [1.54, 1.807) is 6.92 Å². The van der Waals surface area contributed by atoms with Crippen LogP contribution in [0.2, 0.25) is 0 Å². The fourth-order valence-electron chi connectivity index (χ4n) is 7.34. The molecule has 7 rings (SSSR count). The maximum atomic E-state index is 12.9. The van der Waals surface area contributed by atoms with E-state index in [1.165, 1.54) is 43.7 Å². The van der Waals surface area contributed by atoms with Crippen molar-refractivity contribution in [2.24, 2.45) is 22.7 Å². The van der Waals surface area contributed by atoms with Crippen LogP contribution in [0.5, 0.6) is 11.5 Å². The first kappa shape index (κ1) is 24.1. The van der Waals surface area contributed by atoms with E-state index in [0.29, 0.717) is 5.75 Å². The number of fused-ring (bicyclic) bond motifs is 1. The molecule has 1 amide bonds. The molecular weight excluding hydrogens is 470 g/mol. The fraction of sp³-hybridized carbons (Fsp3) is 0.692. The predicted octanol–water partition coefficient (Wildman–Crippen LogP) is 5.69. The molecule has 1 unspecified atom stereocenters. The molecule has 0 radical (unpaired) electrons. The van der Waals surface area contributed by atoms with Crippen LogP contribution in [0.15, 0.2) is 23.2 Å². The number of aliphatic imine (C=N–C) groups is 1. The molecular formula is C26H36ClN3O3S. The Morgan fingerprint density at radius 3 is 2.47 bits per heavy atom. The average Bonchev–Trinajstić information content (AvgIpc) is 3.38. The number of nitrogens with zero attached hydrogens (tertiary/aromatic N) is 3. The Kier molecular flexibility index (Phi) is 6.70. The molecule has 0 aromatic heterocycles. The van der Waals surface area contributed by atoms with Gasteiger partial charge in [0.05, 0.1) is 5.54 Å². The number of hydrogen-bond donors (Lipinski definition) is 0. The molecule has 2 heterocycles. The van der Waals surface area contributed by atoms with E-state index in [0.717, 1.165) is 54.3 Å². The number of ether oxygens (including phenoxy) is 2. The first-order valence-electron chi connectivity index (χ1n) is 12.7. The number of amidine groups is 1. The van der Waals surface area contributed by atoms with Gasteiger partial charge in [-0.3, -0.25) is 14.7 Å². The molecule has 2 aliphatic heterocycles. The van der Waals surface area contributed by atoms with E-state index < -0.39 is 0 Å². The molecule has 5 fully saturated rings. The number of anilines is 1. The highest BCUT2D eigenvalue weighted by Crippen LogP contribution is 2.57. The zero-order valence-electron chi connectivity index (χ0n) is 20.2. The van der Waals surface area contributed by atoms with Crippen LogP contribution in [0.1, 0.15) is 65.2 Å². The van der Waals surface area contributed by atoms with Crippen LogP contribution in [-0.2, 0) is 4.79 Å². The van der Waals surface area contributed by atoms with Gasteiger partial charge in [-0.25, -0.2) is 0 Å². The van der Waals surface area contributed by atoms with Crippen LogP contribution in [0.4, 0.5) is 5.69 Å². The lowest BCUT2D eigenvalue weighted by Crippen LogP contribution is -2.52. The summed E-state index contributed by atoms with van der Waals surface area (Å²) in [5.74, 6) is 5.01. The summed E-state index contributed by atoms with van der Waals surface area (Å²) in [5, 5.41) is 1.17. The van der Waals surface area contributed by atoms with Gasteiger partial charge in [0.2, 0.25) is 12.7 Å². The van der Waals surface area contributed by atoms with Crippen molar-refractivity contribution in [2.75, 3.05) is 24.0 Å². The molecule has 6 nitrogen and oxygen atoms in total. The first-order valence-corrected chi connectivity index (χ1v) is 13.7. The summed E-state index contributed by atoms with van der Waals surface area (Å²) < 4.78 is 11.1. The second-order valence-corrected chi connectivity index (χ2v) is 11.8. The molecule has 4 bridgehead atoms. The van der Waals surface area contributed by atoms with Gasteiger partial charge in [0.1, 0.15) is 6.17 Å². The van der Waals surface area contributed by atoms with E-state index in [9.17, 15) is 4.79 Å². The standard InChI is InChI=1S/C26H35N3O3S.ClH/c1-3-4-7-28-24(29(17(2)30)21-5-6-22-23(11-21)32-16-31-22)15-33-25(28)27-26-12-18-8-19(13-26)10-20(9-18)14-26;/h5-6,11,18-20,24H,3-4,7-10,12-16H2,1-2H3;1H. The van der Waals surface area contributed by atoms with E-state index in [1.807, 2.05) is 34.9 Å². The normalized spacial score (nSPS) is 33.9. The molecule has 1 atom stereocenters. The summed E-state index contributed by atoms with van der Waals surface area (Å²) >= 11 is 1.85. The lowest BCUT2D eigenvalue weighted by atomic mass is 9.53. The molecule has 4 saturated carbocycles. The van der Waals surface area contributed by atoms with Crippen LogP contribution in [0.3, 0.4) is 0 Å². The number of unbranched alkanes of at least 4 members (excludes halogenated alkanes) is 1. The third-order valence-electron chi connectivity index (χ3n) is 8.33. The van der Waals surface area contributed by atoms with Crippen LogP contribution >= 0.6 is 24.2 Å². The van der Waals surface area contributed by atoms with Crippen molar-refractivity contribution in [3.05, 3.63) is 18.2 Å². The van der Waals surface area contributed by atoms with E-state index in [2.05, 4.69) is 11.8 Å². The van der Waals surface area contributed by atoms with Gasteiger partial charge in [0.25, 0.3) is 0 Å². The van der Waals surface area contributed by atoms with Gasteiger partial charge in [0.15, 0.2) is 16.7 Å². The first-order chi connectivity index (χ1) is 16.0. The fourth-order valence-corrected chi connectivity index (χ4v) is 8.60. The summed E-state index contributed by atoms with van der Waals surface area (Å²) in [4.78, 5) is 22.9. The summed E-state index contributed by atoms with van der Waals surface area (Å²) in [7, 11) is 0. The van der Waals surface area contributed by atoms with Crippen molar-refractivity contribution >= 4 is 40.9 Å². The molecule has 6 aliphatic rings. The van der Waals surface area contributed by atoms with Crippen LogP contribution < -0.4 is 14.4 Å². The van der Waals surface area contributed by atoms with Crippen molar-refractivity contribution in [1.82, 2.24) is 4.90 Å². The SMILES string of the molecule is CCCCN1C(=NC23CC4CC(CC(C4)C2)C3)SCC1N(C(C)=O)c1ccc2c(c1)OCO2.Cl. The summed E-state index contributed by atoms with van der Waals surface area (Å²) in [5.41, 5.74) is 1.02. The largest absolute Gasteiger partial charge is 0.454 e. The Bertz CT molecular complexity index is 935. The van der Waals surface area contributed by atoms with Crippen molar-refractivity contribution in [1.29, 1.82) is 0 Å². The number of amides is 1. The Labute approximate surface area is 213 Å². The van der Waals surface area contributed by atoms with Gasteiger partial charge in [-0.1, -0.05) is 25.1 Å². The molecule has 34 heavy (non-hydrogen) atoms. The van der Waals surface area contributed by atoms with Crippen molar-refractivity contribution in [3.8, 4) is 11.5 Å². The number of carbonyl (C=O) groups is 1. The third kappa shape index (κ3) is 4.27. The number of rotatable bonds is 6. The Balaban J connectivity index is 0.00000241. The molecule has 1 aromatic rings. The van der Waals surface area contributed by atoms with Crippen molar-refractivity contribution in [3.63, 3.8) is 0 Å². The minimum Gasteiger partial charge on any atom is -0.454 e. The quantitative estimate of drug-likeness (QED) is 0.497. The van der Waals surface area contributed by atoms with Gasteiger partial charge in [-0.15, -0.1) is 12.4 Å². The van der Waals surface area contributed by atoms with Gasteiger partial charge in [0, 0.05) is 31.0 Å². The Morgan fingerprint density at radius 1 is 1.15 bits per heavy atom. The van der Waals surface area contributed by atoms with Crippen molar-refractivity contribution in [2.45, 2.75) is 76.9 Å². The molecule has 186 valence electrons. The minimum atomic E-state index is -0.0212. The monoisotopic (exact) mass is 505 g/mol. The summed E-state index contributed by atoms with van der Waals surface area (Å²) in [6.07, 6.45) is 10.3. The summed E-state index contributed by atoms with van der Waals surface area (Å²) in [6, 6.07) is 5.84. The second kappa shape index (κ2) is 9.45. The lowest BCUT2D eigenvalue weighted by Gasteiger charge is -2.55. The number of halogens is 1. The maximum Gasteiger partial charge on any atom is 0.231 e. The van der Waals surface area contributed by atoms with Gasteiger partial charge < -0.3 is 14.4 Å². The van der Waals surface area contributed by atoms with E-state index in [4.69, 9.17) is 14.5 Å². The maximum absolute atomic E-state index is 12.9. The zero-order chi connectivity index (χ0) is 22.6. The topological polar surface area (TPSA) is 54.4 Å². The number of carbonyl (C=O) groups excluding carboxylic acids is 1. The number of hydrogen-bond acceptors (Lipinski definition) is 5. The summed E-state index contributed by atoms with van der Waals surface area (Å²) in [6.45, 7) is 5.08. The number of benzene rings is 1. The Morgan fingerprint density at radius 2 is 1.82 bits per heavy atom. The molecule has 0 N–H and O–H groups in total. The second-order valence-electron chi connectivity index (χ2n) is 10.8. The highest BCUT2D eigenvalue weighted by molar-refractivity contribution is 8.14. The van der Waals surface area contributed by atoms with Crippen molar-refractivity contribution < 1.29 is 14.3 Å². The molecule has 0 spiro atoms.